The summed E-state index contributed by atoms with van der Waals surface area (Å²) in [6.07, 6.45) is 0.234. The molecule has 3 rings (SSSR count). The molecule has 0 saturated heterocycles. The van der Waals surface area contributed by atoms with E-state index >= 15 is 0 Å². The van der Waals surface area contributed by atoms with Crippen molar-refractivity contribution in [2.45, 2.75) is 39.4 Å². The summed E-state index contributed by atoms with van der Waals surface area (Å²) in [5, 5.41) is 12.7. The Bertz CT molecular complexity index is 831. The number of ether oxygens (including phenoxy) is 1. The lowest BCUT2D eigenvalue weighted by molar-refractivity contribution is 0.162. The molecule has 0 radical (unpaired) electrons. The molecule has 0 aliphatic carbocycles. The normalized spacial score (nSPS) is 12.5. The largest absolute Gasteiger partial charge is 0.491 e. The Labute approximate surface area is 143 Å². The van der Waals surface area contributed by atoms with E-state index in [1.165, 1.54) is 16.3 Å². The highest BCUT2D eigenvalue weighted by atomic mass is 16.5. The molecule has 3 aromatic carbocycles. The van der Waals surface area contributed by atoms with Crippen LogP contribution in [0.15, 0.2) is 60.7 Å². The van der Waals surface area contributed by atoms with Gasteiger partial charge in [0.1, 0.15) is 5.75 Å². The summed E-state index contributed by atoms with van der Waals surface area (Å²) >= 11 is 0. The first-order valence-electron chi connectivity index (χ1n) is 8.57. The Kier molecular flexibility index (Phi) is 4.86. The molecule has 0 aromatic heterocycles. The van der Waals surface area contributed by atoms with Crippen molar-refractivity contribution in [3.8, 4) is 16.9 Å². The van der Waals surface area contributed by atoms with Crippen molar-refractivity contribution < 1.29 is 9.84 Å². The maximum Gasteiger partial charge on any atom is 0.126 e. The summed E-state index contributed by atoms with van der Waals surface area (Å²) in [5.74, 6) is 0.768. The summed E-state index contributed by atoms with van der Waals surface area (Å²) in [6.45, 7) is 5.99. The van der Waals surface area contributed by atoms with Gasteiger partial charge >= 0.3 is 0 Å². The van der Waals surface area contributed by atoms with Gasteiger partial charge in [-0.3, -0.25) is 0 Å². The van der Waals surface area contributed by atoms with E-state index in [2.05, 4.69) is 54.6 Å². The predicted octanol–water partition coefficient (Wildman–Crippen LogP) is 5.74. The van der Waals surface area contributed by atoms with Gasteiger partial charge in [0.2, 0.25) is 0 Å². The van der Waals surface area contributed by atoms with E-state index in [9.17, 15) is 5.11 Å². The van der Waals surface area contributed by atoms with Crippen LogP contribution in [0.1, 0.15) is 38.9 Å². The third kappa shape index (κ3) is 3.29. The van der Waals surface area contributed by atoms with Gasteiger partial charge in [-0.2, -0.15) is 0 Å². The smallest absolute Gasteiger partial charge is 0.126 e. The standard InChI is InChI=1S/C22H24O2/c1-4-21(23)20-13-12-17(14-22(20)24-15(2)3)19-11-7-9-16-8-5-6-10-18(16)19/h5-15,21,23H,4H2,1-3H3/t21-/m0/s1. The van der Waals surface area contributed by atoms with Gasteiger partial charge in [0.05, 0.1) is 12.2 Å². The minimum absolute atomic E-state index is 0.0653. The van der Waals surface area contributed by atoms with Gasteiger partial charge in [0.15, 0.2) is 0 Å². The minimum Gasteiger partial charge on any atom is -0.491 e. The topological polar surface area (TPSA) is 29.5 Å². The molecule has 2 heteroatoms. The lowest BCUT2D eigenvalue weighted by Crippen LogP contribution is -2.09. The molecule has 0 heterocycles. The van der Waals surface area contributed by atoms with E-state index in [0.29, 0.717) is 6.42 Å². The average Bonchev–Trinajstić information content (AvgIpc) is 2.60. The van der Waals surface area contributed by atoms with E-state index in [-0.39, 0.29) is 6.10 Å². The molecule has 2 nitrogen and oxygen atoms in total. The highest BCUT2D eigenvalue weighted by Gasteiger charge is 2.15. The Morgan fingerprint density at radius 3 is 2.46 bits per heavy atom. The first kappa shape index (κ1) is 16.5. The number of hydrogen-bond donors (Lipinski definition) is 1. The Balaban J connectivity index is 2.14. The van der Waals surface area contributed by atoms with Gasteiger partial charge in [-0.15, -0.1) is 0 Å². The van der Waals surface area contributed by atoms with Crippen LogP contribution in [0.3, 0.4) is 0 Å². The highest BCUT2D eigenvalue weighted by molar-refractivity contribution is 5.96. The molecular weight excluding hydrogens is 296 g/mol. The van der Waals surface area contributed by atoms with E-state index in [0.717, 1.165) is 16.9 Å². The molecule has 0 aliphatic rings. The molecule has 1 atom stereocenters. The van der Waals surface area contributed by atoms with Crippen molar-refractivity contribution in [3.63, 3.8) is 0 Å². The second-order valence-electron chi connectivity index (χ2n) is 6.37. The fraction of sp³-hybridized carbons (Fsp3) is 0.273. The quantitative estimate of drug-likeness (QED) is 0.650. The van der Waals surface area contributed by atoms with Crippen LogP contribution in [-0.4, -0.2) is 11.2 Å². The van der Waals surface area contributed by atoms with Crippen LogP contribution in [0.25, 0.3) is 21.9 Å². The molecule has 0 unspecified atom stereocenters. The van der Waals surface area contributed by atoms with Gasteiger partial charge in [0, 0.05) is 5.56 Å². The summed E-state index contributed by atoms with van der Waals surface area (Å²) in [6, 6.07) is 20.8. The fourth-order valence-electron chi connectivity index (χ4n) is 3.03. The number of aliphatic hydroxyl groups is 1. The number of rotatable bonds is 5. The molecule has 3 aromatic rings. The lowest BCUT2D eigenvalue weighted by atomic mass is 9.95. The van der Waals surface area contributed by atoms with Crippen LogP contribution in [0.4, 0.5) is 0 Å². The van der Waals surface area contributed by atoms with Crippen LogP contribution in [0.2, 0.25) is 0 Å². The van der Waals surface area contributed by atoms with Crippen molar-refractivity contribution in [1.82, 2.24) is 0 Å². The van der Waals surface area contributed by atoms with Gasteiger partial charge in [-0.05, 0) is 48.2 Å². The maximum atomic E-state index is 10.3. The molecule has 24 heavy (non-hydrogen) atoms. The first-order valence-corrected chi connectivity index (χ1v) is 8.57. The molecule has 0 spiro atoms. The zero-order chi connectivity index (χ0) is 17.1. The third-order valence-corrected chi connectivity index (χ3v) is 4.22. The Morgan fingerprint density at radius 1 is 0.958 bits per heavy atom. The van der Waals surface area contributed by atoms with Crippen LogP contribution in [0.5, 0.6) is 5.75 Å². The molecule has 0 bridgehead atoms. The van der Waals surface area contributed by atoms with Crippen LogP contribution in [-0.2, 0) is 0 Å². The predicted molar refractivity (Wildman–Crippen MR) is 100 cm³/mol. The van der Waals surface area contributed by atoms with Gasteiger partial charge in [-0.1, -0.05) is 61.5 Å². The van der Waals surface area contributed by atoms with Crippen molar-refractivity contribution in [2.75, 3.05) is 0 Å². The summed E-state index contributed by atoms with van der Waals surface area (Å²) in [5.41, 5.74) is 3.14. The third-order valence-electron chi connectivity index (χ3n) is 4.22. The van der Waals surface area contributed by atoms with E-state index < -0.39 is 6.10 Å². The second kappa shape index (κ2) is 7.06. The number of aliphatic hydroxyl groups excluding tert-OH is 1. The van der Waals surface area contributed by atoms with Gasteiger partial charge in [-0.25, -0.2) is 0 Å². The fourth-order valence-corrected chi connectivity index (χ4v) is 3.03. The average molecular weight is 320 g/mol. The van der Waals surface area contributed by atoms with Crippen LogP contribution >= 0.6 is 0 Å². The molecule has 0 amide bonds. The molecule has 0 fully saturated rings. The van der Waals surface area contributed by atoms with Crippen LogP contribution in [0, 0.1) is 0 Å². The zero-order valence-corrected chi connectivity index (χ0v) is 14.5. The van der Waals surface area contributed by atoms with Gasteiger partial charge in [0.25, 0.3) is 0 Å². The summed E-state index contributed by atoms with van der Waals surface area (Å²) < 4.78 is 5.98. The second-order valence-corrected chi connectivity index (χ2v) is 6.37. The molecule has 1 N–H and O–H groups in total. The SMILES string of the molecule is CC[C@H](O)c1ccc(-c2cccc3ccccc23)cc1OC(C)C. The Hall–Kier alpha value is -2.32. The number of hydrogen-bond acceptors (Lipinski definition) is 2. The van der Waals surface area contributed by atoms with E-state index in [1.54, 1.807) is 0 Å². The summed E-state index contributed by atoms with van der Waals surface area (Å²) in [4.78, 5) is 0. The maximum absolute atomic E-state index is 10.3. The van der Waals surface area contributed by atoms with Crippen molar-refractivity contribution in [2.24, 2.45) is 0 Å². The van der Waals surface area contributed by atoms with Crippen LogP contribution < -0.4 is 4.74 Å². The van der Waals surface area contributed by atoms with E-state index in [4.69, 9.17) is 4.74 Å². The zero-order valence-electron chi connectivity index (χ0n) is 14.5. The molecule has 124 valence electrons. The van der Waals surface area contributed by atoms with Crippen molar-refractivity contribution >= 4 is 10.8 Å². The molecule has 0 aliphatic heterocycles. The number of fused-ring (bicyclic) bond motifs is 1. The van der Waals surface area contributed by atoms with E-state index in [1.807, 2.05) is 26.8 Å². The van der Waals surface area contributed by atoms with Gasteiger partial charge < -0.3 is 9.84 Å². The minimum atomic E-state index is -0.500. The first-order chi connectivity index (χ1) is 11.6. The van der Waals surface area contributed by atoms with Crippen molar-refractivity contribution in [1.29, 1.82) is 0 Å². The number of benzene rings is 3. The monoisotopic (exact) mass is 320 g/mol. The lowest BCUT2D eigenvalue weighted by Gasteiger charge is -2.19. The molecule has 0 saturated carbocycles. The Morgan fingerprint density at radius 2 is 1.71 bits per heavy atom. The summed E-state index contributed by atoms with van der Waals surface area (Å²) in [7, 11) is 0. The van der Waals surface area contributed by atoms with Crippen molar-refractivity contribution in [3.05, 3.63) is 66.2 Å². The highest BCUT2D eigenvalue weighted by Crippen LogP contribution is 2.35. The molecular formula is C22H24O2.